The number of carbonyl (C=O) groups excluding carboxylic acids is 1. The highest BCUT2D eigenvalue weighted by Gasteiger charge is 2.17. The molecule has 1 heterocycles. The number of anilines is 1. The molecule has 6 nitrogen and oxygen atoms in total. The van der Waals surface area contributed by atoms with E-state index < -0.39 is 5.97 Å². The van der Waals surface area contributed by atoms with E-state index in [9.17, 15) is 9.59 Å². The minimum Gasteiger partial charge on any atom is -0.478 e. The highest BCUT2D eigenvalue weighted by molar-refractivity contribution is 9.10. The van der Waals surface area contributed by atoms with E-state index in [4.69, 9.17) is 9.84 Å². The summed E-state index contributed by atoms with van der Waals surface area (Å²) in [5.41, 5.74) is 0.578. The largest absolute Gasteiger partial charge is 0.478 e. The van der Waals surface area contributed by atoms with Crippen molar-refractivity contribution in [2.45, 2.75) is 12.5 Å². The molecular formula is C13H15BrN2O4. The number of rotatable bonds is 4. The summed E-state index contributed by atoms with van der Waals surface area (Å²) in [5, 5.41) is 14.8. The smallest absolute Gasteiger partial charge is 0.335 e. The van der Waals surface area contributed by atoms with Gasteiger partial charge < -0.3 is 20.5 Å². The maximum absolute atomic E-state index is 11.9. The number of carboxylic acid groups (broad SMARTS) is 1. The Kier molecular flexibility index (Phi) is 5.11. The standard InChI is InChI=1S/C13H15BrN2O4/c14-10-2-1-8(13(18)19)5-11(10)16-12(17)6-9-7-20-4-3-15-9/h1-2,5,9,15H,3-4,6-7H2,(H,16,17)(H,18,19). The lowest BCUT2D eigenvalue weighted by atomic mass is 10.1. The van der Waals surface area contributed by atoms with Crippen LogP contribution in [-0.2, 0) is 9.53 Å². The molecule has 3 N–H and O–H groups in total. The van der Waals surface area contributed by atoms with Crippen molar-refractivity contribution in [1.82, 2.24) is 5.32 Å². The molecule has 1 aromatic carbocycles. The molecule has 108 valence electrons. The Labute approximate surface area is 124 Å². The van der Waals surface area contributed by atoms with Crippen LogP contribution in [0.2, 0.25) is 0 Å². The zero-order valence-electron chi connectivity index (χ0n) is 10.7. The van der Waals surface area contributed by atoms with E-state index in [1.54, 1.807) is 6.07 Å². The average Bonchev–Trinajstić information content (AvgIpc) is 2.42. The molecule has 0 spiro atoms. The van der Waals surface area contributed by atoms with Gasteiger partial charge in [0.25, 0.3) is 0 Å². The molecule has 1 aliphatic rings. The number of amides is 1. The van der Waals surface area contributed by atoms with Crippen molar-refractivity contribution in [3.8, 4) is 0 Å². The van der Waals surface area contributed by atoms with E-state index >= 15 is 0 Å². The van der Waals surface area contributed by atoms with Crippen molar-refractivity contribution >= 4 is 33.5 Å². The number of morpholine rings is 1. The van der Waals surface area contributed by atoms with Gasteiger partial charge >= 0.3 is 5.97 Å². The number of ether oxygens (including phenoxy) is 1. The number of carbonyl (C=O) groups is 2. The summed E-state index contributed by atoms with van der Waals surface area (Å²) in [4.78, 5) is 22.9. The van der Waals surface area contributed by atoms with Gasteiger partial charge in [0.15, 0.2) is 0 Å². The first-order chi connectivity index (χ1) is 9.56. The molecule has 1 fully saturated rings. The summed E-state index contributed by atoms with van der Waals surface area (Å²) in [6, 6.07) is 4.49. The molecule has 20 heavy (non-hydrogen) atoms. The topological polar surface area (TPSA) is 87.7 Å². The molecule has 0 saturated carbocycles. The summed E-state index contributed by atoms with van der Waals surface area (Å²) < 4.78 is 5.92. The Morgan fingerprint density at radius 3 is 2.95 bits per heavy atom. The van der Waals surface area contributed by atoms with Gasteiger partial charge in [0.05, 0.1) is 24.5 Å². The van der Waals surface area contributed by atoms with Crippen LogP contribution in [-0.4, -0.2) is 42.8 Å². The zero-order valence-corrected chi connectivity index (χ0v) is 12.3. The van der Waals surface area contributed by atoms with Crippen LogP contribution in [0, 0.1) is 0 Å². The summed E-state index contributed by atoms with van der Waals surface area (Å²) >= 11 is 3.29. The monoisotopic (exact) mass is 342 g/mol. The van der Waals surface area contributed by atoms with Gasteiger partial charge in [-0.05, 0) is 34.1 Å². The Balaban J connectivity index is 1.99. The average molecular weight is 343 g/mol. The van der Waals surface area contributed by atoms with Crippen molar-refractivity contribution in [3.63, 3.8) is 0 Å². The lowest BCUT2D eigenvalue weighted by molar-refractivity contribution is -0.117. The van der Waals surface area contributed by atoms with E-state index in [0.717, 1.165) is 6.54 Å². The summed E-state index contributed by atoms with van der Waals surface area (Å²) in [7, 11) is 0. The highest BCUT2D eigenvalue weighted by Crippen LogP contribution is 2.24. The number of halogens is 1. The van der Waals surface area contributed by atoms with E-state index in [1.165, 1.54) is 12.1 Å². The Morgan fingerprint density at radius 2 is 2.30 bits per heavy atom. The number of carboxylic acids is 1. The van der Waals surface area contributed by atoms with Gasteiger partial charge in [-0.1, -0.05) is 0 Å². The number of hydrogen-bond donors (Lipinski definition) is 3. The van der Waals surface area contributed by atoms with Crippen LogP contribution in [0.3, 0.4) is 0 Å². The van der Waals surface area contributed by atoms with Crippen LogP contribution in [0.15, 0.2) is 22.7 Å². The first-order valence-electron chi connectivity index (χ1n) is 6.20. The Morgan fingerprint density at radius 1 is 1.50 bits per heavy atom. The van der Waals surface area contributed by atoms with Crippen LogP contribution < -0.4 is 10.6 Å². The minimum absolute atomic E-state index is 0.00909. The quantitative estimate of drug-likeness (QED) is 0.771. The molecule has 0 aliphatic carbocycles. The second kappa shape index (κ2) is 6.83. The third-order valence-corrected chi connectivity index (χ3v) is 3.61. The predicted octanol–water partition coefficient (Wildman–Crippen LogP) is 1.46. The van der Waals surface area contributed by atoms with Crippen molar-refractivity contribution in [2.24, 2.45) is 0 Å². The van der Waals surface area contributed by atoms with Crippen LogP contribution in [0.25, 0.3) is 0 Å². The molecule has 1 unspecified atom stereocenters. The second-order valence-corrected chi connectivity index (χ2v) is 5.33. The van der Waals surface area contributed by atoms with E-state index in [2.05, 4.69) is 26.6 Å². The van der Waals surface area contributed by atoms with Crippen LogP contribution in [0.1, 0.15) is 16.8 Å². The van der Waals surface area contributed by atoms with Gasteiger partial charge in [-0.25, -0.2) is 4.79 Å². The summed E-state index contributed by atoms with van der Waals surface area (Å²) in [6.07, 6.45) is 0.281. The lowest BCUT2D eigenvalue weighted by Crippen LogP contribution is -2.43. The third-order valence-electron chi connectivity index (χ3n) is 2.92. The van der Waals surface area contributed by atoms with Gasteiger partial charge in [-0.3, -0.25) is 4.79 Å². The molecule has 2 rings (SSSR count). The van der Waals surface area contributed by atoms with Crippen LogP contribution in [0.5, 0.6) is 0 Å². The molecule has 1 aliphatic heterocycles. The van der Waals surface area contributed by atoms with Crippen molar-refractivity contribution in [3.05, 3.63) is 28.2 Å². The molecule has 0 radical (unpaired) electrons. The lowest BCUT2D eigenvalue weighted by Gasteiger charge is -2.23. The van der Waals surface area contributed by atoms with Gasteiger partial charge in [-0.2, -0.15) is 0 Å². The van der Waals surface area contributed by atoms with Crippen molar-refractivity contribution in [2.75, 3.05) is 25.1 Å². The number of aromatic carboxylic acids is 1. The first-order valence-corrected chi connectivity index (χ1v) is 6.99. The summed E-state index contributed by atoms with van der Waals surface area (Å²) in [5.74, 6) is -1.22. The SMILES string of the molecule is O=C(CC1COCCN1)Nc1cc(C(=O)O)ccc1Br. The van der Waals surface area contributed by atoms with E-state index in [-0.39, 0.29) is 23.9 Å². The molecule has 0 aromatic heterocycles. The highest BCUT2D eigenvalue weighted by atomic mass is 79.9. The normalized spacial score (nSPS) is 18.6. The van der Waals surface area contributed by atoms with Crippen LogP contribution in [0.4, 0.5) is 5.69 Å². The Hall–Kier alpha value is -1.44. The molecule has 1 aromatic rings. The third kappa shape index (κ3) is 4.03. The minimum atomic E-state index is -1.03. The van der Waals surface area contributed by atoms with Gasteiger partial charge in [0.1, 0.15) is 0 Å². The molecular weight excluding hydrogens is 328 g/mol. The molecule has 7 heteroatoms. The van der Waals surface area contributed by atoms with E-state index in [0.29, 0.717) is 23.4 Å². The molecule has 0 bridgehead atoms. The van der Waals surface area contributed by atoms with Gasteiger partial charge in [0.2, 0.25) is 5.91 Å². The van der Waals surface area contributed by atoms with Crippen LogP contribution >= 0.6 is 15.9 Å². The fourth-order valence-corrected chi connectivity index (χ4v) is 2.28. The number of nitrogens with one attached hydrogen (secondary N) is 2. The first kappa shape index (κ1) is 15.0. The number of hydrogen-bond acceptors (Lipinski definition) is 4. The fraction of sp³-hybridized carbons (Fsp3) is 0.385. The van der Waals surface area contributed by atoms with Crippen molar-refractivity contribution in [1.29, 1.82) is 0 Å². The maximum Gasteiger partial charge on any atom is 0.335 e. The maximum atomic E-state index is 11.9. The van der Waals surface area contributed by atoms with Gasteiger partial charge in [-0.15, -0.1) is 0 Å². The summed E-state index contributed by atoms with van der Waals surface area (Å²) in [6.45, 7) is 1.89. The second-order valence-electron chi connectivity index (χ2n) is 4.48. The zero-order chi connectivity index (χ0) is 14.5. The van der Waals surface area contributed by atoms with Crippen molar-refractivity contribution < 1.29 is 19.4 Å². The molecule has 1 saturated heterocycles. The molecule has 1 amide bonds. The number of benzene rings is 1. The Bertz CT molecular complexity index is 515. The fourth-order valence-electron chi connectivity index (χ4n) is 1.93. The molecule has 1 atom stereocenters. The predicted molar refractivity (Wildman–Crippen MR) is 77.0 cm³/mol. The van der Waals surface area contributed by atoms with E-state index in [1.807, 2.05) is 0 Å². The van der Waals surface area contributed by atoms with Gasteiger partial charge in [0, 0.05) is 23.5 Å².